The average Bonchev–Trinajstić information content (AvgIpc) is 2.88. The summed E-state index contributed by atoms with van der Waals surface area (Å²) in [6, 6.07) is 9.97. The summed E-state index contributed by atoms with van der Waals surface area (Å²) in [5, 5.41) is 3.72. The summed E-state index contributed by atoms with van der Waals surface area (Å²) in [6.07, 6.45) is 8.88. The second kappa shape index (κ2) is 4.59. The molecule has 4 fully saturated rings. The first kappa shape index (κ1) is 12.7. The van der Waals surface area contributed by atoms with E-state index in [1.165, 1.54) is 32.1 Å². The summed E-state index contributed by atoms with van der Waals surface area (Å²) in [5.74, 6) is 6.09. The Morgan fingerprint density at radius 1 is 1.00 bits per heavy atom. The molecule has 1 aromatic carbocycles. The van der Waals surface area contributed by atoms with Gasteiger partial charge in [-0.3, -0.25) is 0 Å². The smallest absolute Gasteiger partial charge is 0.0354 e. The van der Waals surface area contributed by atoms with Gasteiger partial charge in [0.05, 0.1) is 0 Å². The van der Waals surface area contributed by atoms with Gasteiger partial charge in [-0.2, -0.15) is 0 Å². The number of hydrogen-bond acceptors (Lipinski definition) is 1. The summed E-state index contributed by atoms with van der Waals surface area (Å²) in [7, 11) is 2.19. The molecule has 1 nitrogen and oxygen atoms in total. The lowest BCUT2D eigenvalue weighted by atomic mass is 9.76. The highest BCUT2D eigenvalue weighted by Gasteiger charge is 2.66. The van der Waals surface area contributed by atoms with Gasteiger partial charge in [0.1, 0.15) is 0 Å². The topological polar surface area (TPSA) is 12.0 Å². The van der Waals surface area contributed by atoms with E-state index in [-0.39, 0.29) is 0 Å². The van der Waals surface area contributed by atoms with E-state index in [1.807, 2.05) is 0 Å². The minimum absolute atomic E-state index is 0.625. The van der Waals surface area contributed by atoms with Crippen LogP contribution in [0, 0.1) is 29.6 Å². The van der Waals surface area contributed by atoms with Crippen molar-refractivity contribution in [2.75, 3.05) is 7.05 Å². The molecule has 0 spiro atoms. The second-order valence-electron chi connectivity index (χ2n) is 8.09. The van der Waals surface area contributed by atoms with Crippen LogP contribution in [-0.2, 0) is 0 Å². The van der Waals surface area contributed by atoms with Gasteiger partial charge in [-0.25, -0.2) is 0 Å². The van der Waals surface area contributed by atoms with Crippen molar-refractivity contribution in [3.8, 4) is 0 Å². The normalized spacial score (nSPS) is 41.7. The summed E-state index contributed by atoms with van der Waals surface area (Å²) < 4.78 is 0. The Kier molecular flexibility index (Phi) is 2.77. The van der Waals surface area contributed by atoms with Gasteiger partial charge >= 0.3 is 0 Å². The van der Waals surface area contributed by atoms with Gasteiger partial charge in [-0.1, -0.05) is 30.7 Å². The van der Waals surface area contributed by atoms with Crippen molar-refractivity contribution < 1.29 is 0 Å². The summed E-state index contributed by atoms with van der Waals surface area (Å²) in [4.78, 5) is 0. The first-order chi connectivity index (χ1) is 10.4. The third kappa shape index (κ3) is 1.73. The molecule has 112 valence electrons. The van der Waals surface area contributed by atoms with Gasteiger partial charge in [0.25, 0.3) is 0 Å². The molecule has 21 heavy (non-hydrogen) atoms. The number of rotatable bonds is 4. The lowest BCUT2D eigenvalue weighted by molar-refractivity contribution is 0.372. The fraction of sp³-hybridized carbons (Fsp3) is 0.700. The van der Waals surface area contributed by atoms with Crippen LogP contribution >= 0.6 is 0 Å². The molecule has 0 heterocycles. The predicted octanol–water partition coefficient (Wildman–Crippen LogP) is 4.51. The monoisotopic (exact) mass is 281 g/mol. The van der Waals surface area contributed by atoms with Crippen LogP contribution in [0.3, 0.4) is 0 Å². The zero-order chi connectivity index (χ0) is 14.0. The number of hydrogen-bond donors (Lipinski definition) is 1. The molecule has 0 radical (unpaired) electrons. The van der Waals surface area contributed by atoms with Crippen LogP contribution in [0.4, 0.5) is 0 Å². The maximum atomic E-state index is 3.72. The van der Waals surface area contributed by atoms with Crippen molar-refractivity contribution in [2.45, 2.75) is 50.5 Å². The van der Waals surface area contributed by atoms with E-state index in [4.69, 9.17) is 0 Å². The Morgan fingerprint density at radius 2 is 1.71 bits per heavy atom. The first-order valence-electron chi connectivity index (χ1n) is 9.14. The van der Waals surface area contributed by atoms with Crippen LogP contribution in [-0.4, -0.2) is 7.05 Å². The molecule has 5 unspecified atom stereocenters. The van der Waals surface area contributed by atoms with Crippen LogP contribution in [0.25, 0.3) is 0 Å². The highest BCUT2D eigenvalue weighted by molar-refractivity contribution is 5.36. The molecule has 2 bridgehead atoms. The maximum Gasteiger partial charge on any atom is 0.0354 e. The molecule has 1 heteroatoms. The fourth-order valence-electron chi connectivity index (χ4n) is 6.28. The minimum Gasteiger partial charge on any atom is -0.313 e. The Hall–Kier alpha value is -0.820. The third-order valence-electron chi connectivity index (χ3n) is 7.37. The lowest BCUT2D eigenvalue weighted by Crippen LogP contribution is -2.24. The summed E-state index contributed by atoms with van der Waals surface area (Å²) in [6.45, 7) is 0. The van der Waals surface area contributed by atoms with Crippen LogP contribution in [0.15, 0.2) is 24.3 Å². The van der Waals surface area contributed by atoms with E-state index in [1.54, 1.807) is 17.5 Å². The lowest BCUT2D eigenvalue weighted by Gasteiger charge is -2.31. The molecule has 5 rings (SSSR count). The highest BCUT2D eigenvalue weighted by atomic mass is 14.9. The van der Waals surface area contributed by atoms with Gasteiger partial charge in [0.15, 0.2) is 0 Å². The molecule has 0 aromatic heterocycles. The Labute approximate surface area is 128 Å². The quantitative estimate of drug-likeness (QED) is 0.856. The van der Waals surface area contributed by atoms with E-state index in [0.29, 0.717) is 6.04 Å². The van der Waals surface area contributed by atoms with Gasteiger partial charge in [0.2, 0.25) is 0 Å². The minimum atomic E-state index is 0.625. The summed E-state index contributed by atoms with van der Waals surface area (Å²) >= 11 is 0. The average molecular weight is 281 g/mol. The molecule has 0 aliphatic heterocycles. The molecule has 5 atom stereocenters. The molecule has 1 N–H and O–H groups in total. The molecule has 4 saturated carbocycles. The summed E-state index contributed by atoms with van der Waals surface area (Å²) in [5.41, 5.74) is 3.31. The fourth-order valence-corrected chi connectivity index (χ4v) is 6.28. The zero-order valence-corrected chi connectivity index (χ0v) is 13.1. The number of nitrogens with one attached hydrogen (secondary N) is 1. The van der Waals surface area contributed by atoms with Gasteiger partial charge in [-0.05, 0) is 85.8 Å². The molecule has 4 aliphatic rings. The molecule has 4 aliphatic carbocycles. The van der Waals surface area contributed by atoms with Gasteiger partial charge in [-0.15, -0.1) is 0 Å². The molecule has 0 saturated heterocycles. The van der Waals surface area contributed by atoms with E-state index in [9.17, 15) is 0 Å². The van der Waals surface area contributed by atoms with E-state index >= 15 is 0 Å². The van der Waals surface area contributed by atoms with Gasteiger partial charge < -0.3 is 5.32 Å². The molecule has 1 aromatic rings. The van der Waals surface area contributed by atoms with Crippen LogP contribution in [0.1, 0.15) is 61.6 Å². The van der Waals surface area contributed by atoms with Crippen molar-refractivity contribution in [3.05, 3.63) is 35.4 Å². The van der Waals surface area contributed by atoms with Crippen LogP contribution in [0.5, 0.6) is 0 Å². The highest BCUT2D eigenvalue weighted by Crippen LogP contribution is 2.72. The molecule has 0 amide bonds. The zero-order valence-electron chi connectivity index (χ0n) is 13.1. The van der Waals surface area contributed by atoms with Crippen molar-refractivity contribution in [3.63, 3.8) is 0 Å². The standard InChI is InChI=1S/C20H27N/c1-21-20(19-17-13-9-10-14(11-13)18(17)19)16-8-3-2-7-15(16)12-5-4-6-12/h2-3,7-8,12-14,17-21H,4-6,9-11H2,1H3. The first-order valence-corrected chi connectivity index (χ1v) is 9.14. The van der Waals surface area contributed by atoms with E-state index in [2.05, 4.69) is 36.6 Å². The third-order valence-corrected chi connectivity index (χ3v) is 7.37. The maximum absolute atomic E-state index is 3.72. The molecular weight excluding hydrogens is 254 g/mol. The number of benzene rings is 1. The predicted molar refractivity (Wildman–Crippen MR) is 86.1 cm³/mol. The van der Waals surface area contributed by atoms with E-state index < -0.39 is 0 Å². The van der Waals surface area contributed by atoms with Crippen LogP contribution in [0.2, 0.25) is 0 Å². The largest absolute Gasteiger partial charge is 0.313 e. The number of fused-ring (bicyclic) bond motifs is 5. The van der Waals surface area contributed by atoms with Crippen molar-refractivity contribution in [2.24, 2.45) is 29.6 Å². The SMILES string of the molecule is CNC(c1ccccc1C1CCC1)C1C2C3CCC(C3)C21. The Morgan fingerprint density at radius 3 is 2.33 bits per heavy atom. The molecular formula is C20H27N. The van der Waals surface area contributed by atoms with E-state index in [0.717, 1.165) is 35.5 Å². The Bertz CT molecular complexity index is 531. The Balaban J connectivity index is 1.46. The van der Waals surface area contributed by atoms with Crippen molar-refractivity contribution >= 4 is 0 Å². The van der Waals surface area contributed by atoms with Crippen molar-refractivity contribution in [1.29, 1.82) is 0 Å². The van der Waals surface area contributed by atoms with Crippen LogP contribution < -0.4 is 5.32 Å². The van der Waals surface area contributed by atoms with Gasteiger partial charge in [0, 0.05) is 6.04 Å². The van der Waals surface area contributed by atoms with Crippen molar-refractivity contribution in [1.82, 2.24) is 5.32 Å². The second-order valence-corrected chi connectivity index (χ2v) is 8.09.